The first-order valence-corrected chi connectivity index (χ1v) is 15.1. The van der Waals surface area contributed by atoms with Gasteiger partial charge in [-0.15, -0.1) is 0 Å². The molecule has 0 aliphatic carbocycles. The van der Waals surface area contributed by atoms with Gasteiger partial charge in [0.2, 0.25) is 0 Å². The molecule has 9 rings (SSSR count). The molecule has 0 saturated heterocycles. The van der Waals surface area contributed by atoms with E-state index < -0.39 is 124 Å². The fourth-order valence-corrected chi connectivity index (χ4v) is 5.98. The van der Waals surface area contributed by atoms with E-state index in [1.165, 1.54) is 0 Å². The van der Waals surface area contributed by atoms with Crippen LogP contribution < -0.4 is 4.90 Å². The van der Waals surface area contributed by atoms with E-state index in [1.807, 2.05) is 72.8 Å². The Balaban J connectivity index is 1.40. The molecule has 226 valence electrons. The van der Waals surface area contributed by atoms with Crippen LogP contribution in [-0.4, -0.2) is 0 Å². The van der Waals surface area contributed by atoms with Gasteiger partial charge in [-0.3, -0.25) is 0 Å². The van der Waals surface area contributed by atoms with Crippen molar-refractivity contribution in [3.63, 3.8) is 0 Å². The van der Waals surface area contributed by atoms with Crippen LogP contribution in [0.1, 0.15) is 20.6 Å². The molecular formula is C46H31NO. The highest BCUT2D eigenvalue weighted by atomic mass is 16.3. The Morgan fingerprint density at radius 3 is 2.02 bits per heavy atom. The third-order valence-electron chi connectivity index (χ3n) is 8.17. The summed E-state index contributed by atoms with van der Waals surface area (Å²) in [6.07, 6.45) is 0. The van der Waals surface area contributed by atoms with E-state index in [1.54, 1.807) is 29.2 Å². The summed E-state index contributed by atoms with van der Waals surface area (Å²) >= 11 is 0. The summed E-state index contributed by atoms with van der Waals surface area (Å²) in [7, 11) is 0. The van der Waals surface area contributed by atoms with Crippen LogP contribution in [0.25, 0.3) is 66.1 Å². The van der Waals surface area contributed by atoms with Crippen LogP contribution in [0.4, 0.5) is 17.1 Å². The van der Waals surface area contributed by atoms with Crippen LogP contribution in [0.5, 0.6) is 0 Å². The molecule has 48 heavy (non-hydrogen) atoms. The van der Waals surface area contributed by atoms with Crippen LogP contribution in [0, 0.1) is 0 Å². The topological polar surface area (TPSA) is 16.4 Å². The van der Waals surface area contributed by atoms with Gasteiger partial charge in [0.1, 0.15) is 11.2 Å². The first kappa shape index (κ1) is 16.4. The monoisotopic (exact) mass is 628 g/mol. The van der Waals surface area contributed by atoms with Crippen molar-refractivity contribution in [3.05, 3.63) is 188 Å². The molecule has 1 aromatic heterocycles. The van der Waals surface area contributed by atoms with E-state index in [2.05, 4.69) is 0 Å². The van der Waals surface area contributed by atoms with Gasteiger partial charge >= 0.3 is 0 Å². The Morgan fingerprint density at radius 2 is 1.15 bits per heavy atom. The fourth-order valence-electron chi connectivity index (χ4n) is 5.98. The standard InChI is InChI=1S/C46H31NO/c1-3-12-32(13-4-1)36-17-11-18-38(30-36)47(39-27-29-45-43(31-39)42-20-9-10-21-44(42)48-45)37-25-22-34(23-26-37)41-28-24-33-14-7-8-19-40(33)46(41)35-15-5-2-6-16-35/h1-31H/i2D,5D,6D,7D,8D,14D,15D,16D,19D,22D,23D,24D,25D,26D,28D. The van der Waals surface area contributed by atoms with E-state index >= 15 is 0 Å². The van der Waals surface area contributed by atoms with Crippen LogP contribution in [-0.2, 0) is 0 Å². The van der Waals surface area contributed by atoms with E-state index in [9.17, 15) is 6.85 Å². The first-order valence-electron chi connectivity index (χ1n) is 22.6. The summed E-state index contributed by atoms with van der Waals surface area (Å²) in [5, 5.41) is 0.530. The Morgan fingerprint density at radius 1 is 0.417 bits per heavy atom. The molecule has 2 nitrogen and oxygen atoms in total. The predicted octanol–water partition coefficient (Wildman–Crippen LogP) is 13.2. The summed E-state index contributed by atoms with van der Waals surface area (Å²) in [5.74, 6) is 0. The molecular weight excluding hydrogens is 583 g/mol. The summed E-state index contributed by atoms with van der Waals surface area (Å²) in [4.78, 5) is 1.57. The predicted molar refractivity (Wildman–Crippen MR) is 202 cm³/mol. The van der Waals surface area contributed by atoms with Crippen molar-refractivity contribution in [3.8, 4) is 33.4 Å². The number of para-hydroxylation sites is 1. The van der Waals surface area contributed by atoms with Gasteiger partial charge in [0.15, 0.2) is 0 Å². The maximum Gasteiger partial charge on any atom is 0.135 e. The lowest BCUT2D eigenvalue weighted by Crippen LogP contribution is -2.10. The molecule has 0 bridgehead atoms. The second kappa shape index (κ2) is 11.8. The van der Waals surface area contributed by atoms with Gasteiger partial charge in [-0.25, -0.2) is 0 Å². The van der Waals surface area contributed by atoms with Gasteiger partial charge in [-0.1, -0.05) is 139 Å². The molecule has 0 radical (unpaired) electrons. The maximum atomic E-state index is 9.68. The number of nitrogens with zero attached hydrogens (tertiary/aromatic N) is 1. The van der Waals surface area contributed by atoms with Crippen molar-refractivity contribution in [2.45, 2.75) is 0 Å². The molecule has 0 aliphatic rings. The van der Waals surface area contributed by atoms with E-state index in [0.29, 0.717) is 27.9 Å². The lowest BCUT2D eigenvalue weighted by Gasteiger charge is -2.26. The highest BCUT2D eigenvalue weighted by Crippen LogP contribution is 2.42. The van der Waals surface area contributed by atoms with Gasteiger partial charge in [-0.2, -0.15) is 0 Å². The third-order valence-corrected chi connectivity index (χ3v) is 8.17. The van der Waals surface area contributed by atoms with Crippen LogP contribution >= 0.6 is 0 Å². The smallest absolute Gasteiger partial charge is 0.135 e. The number of furan rings is 1. The molecule has 0 amide bonds. The summed E-state index contributed by atoms with van der Waals surface area (Å²) in [5.41, 5.74) is 1.21. The molecule has 0 N–H and O–H groups in total. The number of rotatable bonds is 6. The Labute approximate surface area is 300 Å². The minimum absolute atomic E-state index is 0.212. The van der Waals surface area contributed by atoms with Gasteiger partial charge in [0.05, 0.1) is 20.6 Å². The zero-order valence-corrected chi connectivity index (χ0v) is 25.1. The average molecular weight is 629 g/mol. The minimum Gasteiger partial charge on any atom is -0.456 e. The van der Waals surface area contributed by atoms with Crippen molar-refractivity contribution < 1.29 is 25.0 Å². The molecule has 0 fully saturated rings. The number of anilines is 3. The highest BCUT2D eigenvalue weighted by Gasteiger charge is 2.18. The fraction of sp³-hybridized carbons (Fsp3) is 0. The zero-order chi connectivity index (χ0) is 44.9. The zero-order valence-electron chi connectivity index (χ0n) is 40.1. The van der Waals surface area contributed by atoms with Crippen molar-refractivity contribution in [2.75, 3.05) is 4.90 Å². The van der Waals surface area contributed by atoms with Crippen molar-refractivity contribution in [1.82, 2.24) is 0 Å². The molecule has 9 aromatic rings. The lowest BCUT2D eigenvalue weighted by molar-refractivity contribution is 0.669. The van der Waals surface area contributed by atoms with Crippen LogP contribution in [0.3, 0.4) is 0 Å². The Kier molecular flexibility index (Phi) is 4.03. The van der Waals surface area contributed by atoms with Gasteiger partial charge < -0.3 is 9.32 Å². The molecule has 0 saturated carbocycles. The van der Waals surface area contributed by atoms with Crippen molar-refractivity contribution >= 4 is 49.8 Å². The maximum absolute atomic E-state index is 9.68. The van der Waals surface area contributed by atoms with Crippen molar-refractivity contribution in [1.29, 1.82) is 0 Å². The summed E-state index contributed by atoms with van der Waals surface area (Å²) < 4.78 is 141. The van der Waals surface area contributed by atoms with Gasteiger partial charge in [-0.05, 0) is 92.6 Å². The summed E-state index contributed by atoms with van der Waals surface area (Å²) in [6.45, 7) is 0. The largest absolute Gasteiger partial charge is 0.456 e. The number of hydrogen-bond donors (Lipinski definition) is 0. The molecule has 0 aliphatic heterocycles. The second-order valence-electron chi connectivity index (χ2n) is 11.0. The number of fused-ring (bicyclic) bond motifs is 4. The minimum atomic E-state index is -0.813. The molecule has 2 heteroatoms. The summed E-state index contributed by atoms with van der Waals surface area (Å²) in [6, 6.07) is 18.2. The van der Waals surface area contributed by atoms with Gasteiger partial charge in [0.25, 0.3) is 0 Å². The third kappa shape index (κ3) is 4.92. The van der Waals surface area contributed by atoms with E-state index in [-0.39, 0.29) is 5.69 Å². The SMILES string of the molecule is [2H]c1c([2H])c([2H])c(-c2c(-c3c([2H])c([2H])c(N(c4cccc(-c5ccccc5)c4)c4ccc5oc6ccccc6c5c4)c([2H])c3[2H])c([2H])c([2H])c3c([2H])c([2H])c([2H])c([2H])c23)c([2H])c1[2H]. The van der Waals surface area contributed by atoms with Crippen molar-refractivity contribution in [2.24, 2.45) is 0 Å². The quantitative estimate of drug-likeness (QED) is 0.182. The number of benzene rings is 8. The normalized spacial score (nSPS) is 15.7. The highest BCUT2D eigenvalue weighted by molar-refractivity contribution is 6.07. The first-order chi connectivity index (χ1) is 30.0. The second-order valence-corrected chi connectivity index (χ2v) is 11.0. The Bertz CT molecular complexity index is 3360. The number of hydrogen-bond acceptors (Lipinski definition) is 2. The van der Waals surface area contributed by atoms with E-state index in [4.69, 9.17) is 18.1 Å². The van der Waals surface area contributed by atoms with Crippen LogP contribution in [0.2, 0.25) is 0 Å². The van der Waals surface area contributed by atoms with Gasteiger partial charge in [0, 0.05) is 27.8 Å². The molecule has 8 aromatic carbocycles. The Hall–Kier alpha value is -6.38. The van der Waals surface area contributed by atoms with E-state index in [0.717, 1.165) is 16.5 Å². The lowest BCUT2D eigenvalue weighted by atomic mass is 9.90. The van der Waals surface area contributed by atoms with Crippen LogP contribution in [0.15, 0.2) is 192 Å². The molecule has 0 spiro atoms. The molecule has 1 heterocycles. The molecule has 0 atom stereocenters. The molecule has 0 unspecified atom stereocenters. The average Bonchev–Trinajstić information content (AvgIpc) is 3.67.